The van der Waals surface area contributed by atoms with Gasteiger partial charge in [-0.3, -0.25) is 0 Å². The molecular weight excluding hydrogens is 162 g/mol. The molecule has 0 aliphatic carbocycles. The van der Waals surface area contributed by atoms with Crippen LogP contribution < -0.4 is 5.32 Å². The lowest BCUT2D eigenvalue weighted by Crippen LogP contribution is -2.28. The van der Waals surface area contributed by atoms with Gasteiger partial charge in [-0.15, -0.1) is 0 Å². The van der Waals surface area contributed by atoms with Crippen LogP contribution in [0.15, 0.2) is 12.1 Å². The quantitative estimate of drug-likeness (QED) is 0.640. The summed E-state index contributed by atoms with van der Waals surface area (Å²) in [5.74, 6) is 0. The first-order valence-electron chi connectivity index (χ1n) is 4.44. The molecule has 3 heteroatoms. The molecule has 1 aliphatic heterocycles. The second-order valence-corrected chi connectivity index (χ2v) is 3.27. The van der Waals surface area contributed by atoms with Crippen molar-refractivity contribution in [3.05, 3.63) is 29.1 Å². The predicted molar refractivity (Wildman–Crippen MR) is 49.1 cm³/mol. The predicted octanol–water partition coefficient (Wildman–Crippen LogP) is 1.16. The number of nitrogens with one attached hydrogen (secondary N) is 1. The number of rotatable bonds is 0. The van der Waals surface area contributed by atoms with E-state index in [2.05, 4.69) is 23.3 Å². The second-order valence-electron chi connectivity index (χ2n) is 3.27. The maximum absolute atomic E-state index is 8.68. The normalized spacial score (nSPS) is 20.5. The van der Waals surface area contributed by atoms with Gasteiger partial charge in [-0.1, -0.05) is 6.07 Å². The maximum atomic E-state index is 8.68. The minimum atomic E-state index is 0.365. The monoisotopic (exact) mass is 173 g/mol. The summed E-state index contributed by atoms with van der Waals surface area (Å²) in [5, 5.41) is 12.0. The zero-order chi connectivity index (χ0) is 9.26. The molecule has 1 aromatic heterocycles. The summed E-state index contributed by atoms with van der Waals surface area (Å²) < 4.78 is 0. The van der Waals surface area contributed by atoms with E-state index in [1.807, 2.05) is 6.07 Å². The third-order valence-corrected chi connectivity index (χ3v) is 2.40. The molecule has 0 saturated carbocycles. The third-order valence-electron chi connectivity index (χ3n) is 2.40. The van der Waals surface area contributed by atoms with Crippen LogP contribution in [0.2, 0.25) is 0 Å². The van der Waals surface area contributed by atoms with Gasteiger partial charge in [0.25, 0.3) is 0 Å². The number of hydrogen-bond donors (Lipinski definition) is 1. The van der Waals surface area contributed by atoms with Crippen LogP contribution in [-0.4, -0.2) is 11.5 Å². The number of aromatic nitrogens is 1. The van der Waals surface area contributed by atoms with Crippen molar-refractivity contribution < 1.29 is 0 Å². The van der Waals surface area contributed by atoms with Crippen LogP contribution in [0, 0.1) is 11.3 Å². The smallest absolute Gasteiger partial charge is 0.140 e. The summed E-state index contributed by atoms with van der Waals surface area (Å²) in [6.07, 6.45) is 0.926. The zero-order valence-electron chi connectivity index (χ0n) is 7.54. The summed E-state index contributed by atoms with van der Waals surface area (Å²) in [6.45, 7) is 3.07. The van der Waals surface area contributed by atoms with Crippen LogP contribution >= 0.6 is 0 Å². The molecule has 2 rings (SSSR count). The Bertz CT molecular complexity index is 365. The van der Waals surface area contributed by atoms with E-state index < -0.39 is 0 Å². The SMILES string of the molecule is C[C@H]1NCCc2nc(C#N)ccc21. The first-order chi connectivity index (χ1) is 6.31. The Hall–Kier alpha value is -1.40. The number of nitriles is 1. The fourth-order valence-electron chi connectivity index (χ4n) is 1.69. The molecule has 0 spiro atoms. The number of fused-ring (bicyclic) bond motifs is 1. The van der Waals surface area contributed by atoms with E-state index in [1.54, 1.807) is 6.07 Å². The highest BCUT2D eigenvalue weighted by atomic mass is 14.9. The molecule has 1 aromatic rings. The molecule has 1 N–H and O–H groups in total. The lowest BCUT2D eigenvalue weighted by Gasteiger charge is -2.22. The zero-order valence-corrected chi connectivity index (χ0v) is 7.54. The molecular formula is C10H11N3. The minimum absolute atomic E-state index is 0.365. The van der Waals surface area contributed by atoms with Crippen LogP contribution in [0.3, 0.4) is 0 Å². The van der Waals surface area contributed by atoms with Gasteiger partial charge in [-0.2, -0.15) is 5.26 Å². The standard InChI is InChI=1S/C10H11N3/c1-7-9-3-2-8(6-11)13-10(9)4-5-12-7/h2-3,7,12H,4-5H2,1H3/t7-/m1/s1. The molecule has 0 bridgehead atoms. The molecule has 0 radical (unpaired) electrons. The summed E-state index contributed by atoms with van der Waals surface area (Å²) in [4.78, 5) is 4.28. The Kier molecular flexibility index (Phi) is 1.99. The van der Waals surface area contributed by atoms with Crippen molar-refractivity contribution in [2.24, 2.45) is 0 Å². The topological polar surface area (TPSA) is 48.7 Å². The molecule has 0 fully saturated rings. The van der Waals surface area contributed by atoms with Crippen LogP contribution in [0.5, 0.6) is 0 Å². The fraction of sp³-hybridized carbons (Fsp3) is 0.400. The third kappa shape index (κ3) is 1.41. The van der Waals surface area contributed by atoms with Gasteiger partial charge in [0, 0.05) is 24.7 Å². The first kappa shape index (κ1) is 8.21. The molecule has 3 nitrogen and oxygen atoms in total. The summed E-state index contributed by atoms with van der Waals surface area (Å²) in [5.41, 5.74) is 2.82. The van der Waals surface area contributed by atoms with E-state index in [4.69, 9.17) is 5.26 Å². The Morgan fingerprint density at radius 3 is 3.23 bits per heavy atom. The van der Waals surface area contributed by atoms with Gasteiger partial charge in [0.1, 0.15) is 11.8 Å². The Balaban J connectivity index is 2.47. The molecule has 1 atom stereocenters. The highest BCUT2D eigenvalue weighted by Gasteiger charge is 2.16. The van der Waals surface area contributed by atoms with E-state index in [0.717, 1.165) is 18.7 Å². The van der Waals surface area contributed by atoms with Crippen LogP contribution in [0.4, 0.5) is 0 Å². The van der Waals surface area contributed by atoms with Crippen molar-refractivity contribution in [1.29, 1.82) is 5.26 Å². The molecule has 1 aliphatic rings. The van der Waals surface area contributed by atoms with E-state index >= 15 is 0 Å². The Morgan fingerprint density at radius 1 is 1.62 bits per heavy atom. The number of pyridine rings is 1. The molecule has 0 unspecified atom stereocenters. The molecule has 66 valence electrons. The summed E-state index contributed by atoms with van der Waals surface area (Å²) in [6, 6.07) is 6.20. The molecule has 0 amide bonds. The average molecular weight is 173 g/mol. The molecule has 2 heterocycles. The van der Waals surface area contributed by atoms with Gasteiger partial charge in [0.2, 0.25) is 0 Å². The molecule has 0 aromatic carbocycles. The maximum Gasteiger partial charge on any atom is 0.140 e. The van der Waals surface area contributed by atoms with E-state index in [1.165, 1.54) is 5.56 Å². The summed E-state index contributed by atoms with van der Waals surface area (Å²) >= 11 is 0. The van der Waals surface area contributed by atoms with Gasteiger partial charge in [0.05, 0.1) is 0 Å². The van der Waals surface area contributed by atoms with Crippen molar-refractivity contribution in [2.45, 2.75) is 19.4 Å². The minimum Gasteiger partial charge on any atom is -0.310 e. The highest BCUT2D eigenvalue weighted by Crippen LogP contribution is 2.20. The van der Waals surface area contributed by atoms with Crippen molar-refractivity contribution in [3.63, 3.8) is 0 Å². The Morgan fingerprint density at radius 2 is 2.46 bits per heavy atom. The lowest BCUT2D eigenvalue weighted by atomic mass is 10.00. The lowest BCUT2D eigenvalue weighted by molar-refractivity contribution is 0.532. The largest absolute Gasteiger partial charge is 0.310 e. The first-order valence-corrected chi connectivity index (χ1v) is 4.44. The Labute approximate surface area is 77.4 Å². The van der Waals surface area contributed by atoms with Gasteiger partial charge >= 0.3 is 0 Å². The van der Waals surface area contributed by atoms with Crippen LogP contribution in [0.1, 0.15) is 29.9 Å². The van der Waals surface area contributed by atoms with Crippen molar-refractivity contribution in [1.82, 2.24) is 10.3 Å². The van der Waals surface area contributed by atoms with Crippen LogP contribution in [0.25, 0.3) is 0 Å². The number of nitrogens with zero attached hydrogens (tertiary/aromatic N) is 2. The fourth-order valence-corrected chi connectivity index (χ4v) is 1.69. The van der Waals surface area contributed by atoms with Gasteiger partial charge in [-0.25, -0.2) is 4.98 Å². The van der Waals surface area contributed by atoms with E-state index in [-0.39, 0.29) is 0 Å². The average Bonchev–Trinajstić information content (AvgIpc) is 2.18. The molecule has 13 heavy (non-hydrogen) atoms. The van der Waals surface area contributed by atoms with Crippen molar-refractivity contribution >= 4 is 0 Å². The summed E-state index contributed by atoms with van der Waals surface area (Å²) in [7, 11) is 0. The van der Waals surface area contributed by atoms with Gasteiger partial charge < -0.3 is 5.32 Å². The van der Waals surface area contributed by atoms with E-state index in [9.17, 15) is 0 Å². The van der Waals surface area contributed by atoms with Gasteiger partial charge in [-0.05, 0) is 18.6 Å². The van der Waals surface area contributed by atoms with Crippen molar-refractivity contribution in [2.75, 3.05) is 6.54 Å². The van der Waals surface area contributed by atoms with E-state index in [0.29, 0.717) is 11.7 Å². The highest BCUT2D eigenvalue weighted by molar-refractivity contribution is 5.32. The van der Waals surface area contributed by atoms with Crippen molar-refractivity contribution in [3.8, 4) is 6.07 Å². The number of hydrogen-bond acceptors (Lipinski definition) is 3. The molecule has 0 saturated heterocycles. The second kappa shape index (κ2) is 3.15. The van der Waals surface area contributed by atoms with Crippen LogP contribution in [-0.2, 0) is 6.42 Å². The van der Waals surface area contributed by atoms with Gasteiger partial charge in [0.15, 0.2) is 0 Å².